The lowest BCUT2D eigenvalue weighted by Gasteiger charge is -2.18. The molecule has 1 aromatic heterocycles. The fourth-order valence-corrected chi connectivity index (χ4v) is 4.19. The summed E-state index contributed by atoms with van der Waals surface area (Å²) in [6.45, 7) is 4.42. The zero-order valence-corrected chi connectivity index (χ0v) is 19.4. The normalized spacial score (nSPS) is 15.5. The van der Waals surface area contributed by atoms with Crippen molar-refractivity contribution < 1.29 is 28.5 Å². The summed E-state index contributed by atoms with van der Waals surface area (Å²) < 4.78 is 22.5. The molecule has 1 fully saturated rings. The SMILES string of the molecule is COc1ccccc1-c1nc(CN2CCC(c3cccc(OC)c3OC)C2)c(C)o1.O=CO. The number of carboxylic acid groups (broad SMARTS) is 1. The number of para-hydroxylation sites is 2. The highest BCUT2D eigenvalue weighted by molar-refractivity contribution is 5.63. The van der Waals surface area contributed by atoms with Crippen LogP contribution in [0.3, 0.4) is 0 Å². The molecule has 1 aliphatic rings. The summed E-state index contributed by atoms with van der Waals surface area (Å²) in [6, 6.07) is 13.9. The number of methoxy groups -OCH3 is 3. The second-order valence-electron chi connectivity index (χ2n) is 7.63. The molecule has 1 N–H and O–H groups in total. The van der Waals surface area contributed by atoms with Crippen molar-refractivity contribution in [2.45, 2.75) is 25.8 Å². The zero-order chi connectivity index (χ0) is 23.8. The summed E-state index contributed by atoms with van der Waals surface area (Å²) in [5.41, 5.74) is 3.04. The maximum absolute atomic E-state index is 8.36. The van der Waals surface area contributed by atoms with Crippen molar-refractivity contribution >= 4 is 6.47 Å². The molecule has 3 aromatic rings. The third-order valence-electron chi connectivity index (χ3n) is 5.75. The lowest BCUT2D eigenvalue weighted by atomic mass is 9.97. The molecule has 33 heavy (non-hydrogen) atoms. The Hall–Kier alpha value is -3.52. The van der Waals surface area contributed by atoms with Crippen LogP contribution in [-0.4, -0.2) is 55.9 Å². The molecule has 1 atom stereocenters. The molecule has 1 unspecified atom stereocenters. The van der Waals surface area contributed by atoms with Gasteiger partial charge in [0.2, 0.25) is 5.89 Å². The first-order valence-corrected chi connectivity index (χ1v) is 10.7. The van der Waals surface area contributed by atoms with Gasteiger partial charge in [-0.15, -0.1) is 0 Å². The highest BCUT2D eigenvalue weighted by Crippen LogP contribution is 2.39. The number of likely N-dealkylation sites (tertiary alicyclic amines) is 1. The molecular formula is C25H30N2O6. The van der Waals surface area contributed by atoms with E-state index in [1.165, 1.54) is 5.56 Å². The third-order valence-corrected chi connectivity index (χ3v) is 5.75. The summed E-state index contributed by atoms with van der Waals surface area (Å²) in [5, 5.41) is 6.89. The maximum Gasteiger partial charge on any atom is 0.290 e. The molecule has 0 aliphatic carbocycles. The number of ether oxygens (including phenoxy) is 3. The number of oxazole rings is 1. The van der Waals surface area contributed by atoms with E-state index in [0.717, 1.165) is 60.3 Å². The minimum atomic E-state index is -0.250. The third kappa shape index (κ3) is 5.46. The van der Waals surface area contributed by atoms with Gasteiger partial charge in [0, 0.05) is 24.6 Å². The van der Waals surface area contributed by atoms with E-state index in [2.05, 4.69) is 11.0 Å². The van der Waals surface area contributed by atoms with Crippen molar-refractivity contribution in [3.05, 3.63) is 59.5 Å². The first-order chi connectivity index (χ1) is 16.1. The second-order valence-corrected chi connectivity index (χ2v) is 7.63. The minimum Gasteiger partial charge on any atom is -0.496 e. The number of aryl methyl sites for hydroxylation is 1. The molecule has 0 bridgehead atoms. The number of hydrogen-bond donors (Lipinski definition) is 1. The molecular weight excluding hydrogens is 424 g/mol. The van der Waals surface area contributed by atoms with Crippen molar-refractivity contribution in [3.63, 3.8) is 0 Å². The number of rotatable bonds is 7. The van der Waals surface area contributed by atoms with E-state index in [4.69, 9.17) is 33.5 Å². The van der Waals surface area contributed by atoms with Crippen molar-refractivity contribution in [2.24, 2.45) is 0 Å². The van der Waals surface area contributed by atoms with Crippen molar-refractivity contribution in [1.82, 2.24) is 9.88 Å². The molecule has 0 radical (unpaired) electrons. The largest absolute Gasteiger partial charge is 0.496 e. The Morgan fingerprint density at radius 2 is 1.79 bits per heavy atom. The van der Waals surface area contributed by atoms with Crippen LogP contribution >= 0.6 is 0 Å². The molecule has 0 amide bonds. The van der Waals surface area contributed by atoms with E-state index < -0.39 is 0 Å². The van der Waals surface area contributed by atoms with Gasteiger partial charge in [-0.2, -0.15) is 0 Å². The number of hydrogen-bond acceptors (Lipinski definition) is 7. The Kier molecular flexibility index (Phi) is 8.32. The van der Waals surface area contributed by atoms with E-state index in [0.29, 0.717) is 11.8 Å². The Morgan fingerprint density at radius 1 is 1.09 bits per heavy atom. The van der Waals surface area contributed by atoms with Crippen LogP contribution in [0.25, 0.3) is 11.5 Å². The summed E-state index contributed by atoms with van der Waals surface area (Å²) in [6.07, 6.45) is 1.07. The fourth-order valence-electron chi connectivity index (χ4n) is 4.19. The monoisotopic (exact) mass is 454 g/mol. The predicted octanol–water partition coefficient (Wildman–Crippen LogP) is 4.37. The average Bonchev–Trinajstić information content (AvgIpc) is 3.45. The summed E-state index contributed by atoms with van der Waals surface area (Å²) >= 11 is 0. The molecule has 176 valence electrons. The van der Waals surface area contributed by atoms with Crippen molar-refractivity contribution in [1.29, 1.82) is 0 Å². The number of aromatic nitrogens is 1. The van der Waals surface area contributed by atoms with Gasteiger partial charge >= 0.3 is 0 Å². The standard InChI is InChI=1S/C24H28N2O4.CH2O2/c1-16-20(25-24(30-16)19-8-5-6-10-21(19)27-2)15-26-13-12-17(14-26)18-9-7-11-22(28-3)23(18)29-4;2-1-3/h5-11,17H,12-15H2,1-4H3;1H,(H,2,3). The molecule has 2 aromatic carbocycles. The molecule has 8 heteroatoms. The minimum absolute atomic E-state index is 0.250. The molecule has 0 spiro atoms. The highest BCUT2D eigenvalue weighted by atomic mass is 16.5. The zero-order valence-electron chi connectivity index (χ0n) is 19.4. The Balaban J connectivity index is 0.000000968. The van der Waals surface area contributed by atoms with E-state index in [1.807, 2.05) is 43.3 Å². The van der Waals surface area contributed by atoms with E-state index >= 15 is 0 Å². The van der Waals surface area contributed by atoms with E-state index in [-0.39, 0.29) is 6.47 Å². The van der Waals surface area contributed by atoms with Gasteiger partial charge in [-0.3, -0.25) is 9.69 Å². The predicted molar refractivity (Wildman–Crippen MR) is 124 cm³/mol. The van der Waals surface area contributed by atoms with Crippen LogP contribution in [0.4, 0.5) is 0 Å². The van der Waals surface area contributed by atoms with Crippen LogP contribution in [0.1, 0.15) is 29.4 Å². The second kappa shape index (κ2) is 11.4. The first-order valence-electron chi connectivity index (χ1n) is 10.7. The van der Waals surface area contributed by atoms with Gasteiger partial charge in [-0.1, -0.05) is 24.3 Å². The van der Waals surface area contributed by atoms with Crippen molar-refractivity contribution in [3.8, 4) is 28.7 Å². The van der Waals surface area contributed by atoms with Gasteiger partial charge in [0.1, 0.15) is 11.5 Å². The lowest BCUT2D eigenvalue weighted by Crippen LogP contribution is -2.20. The van der Waals surface area contributed by atoms with Gasteiger partial charge in [-0.25, -0.2) is 4.98 Å². The molecule has 2 heterocycles. The molecule has 0 saturated carbocycles. The Morgan fingerprint density at radius 3 is 2.48 bits per heavy atom. The molecule has 1 saturated heterocycles. The van der Waals surface area contributed by atoms with Crippen LogP contribution < -0.4 is 14.2 Å². The van der Waals surface area contributed by atoms with Crippen LogP contribution in [0.2, 0.25) is 0 Å². The lowest BCUT2D eigenvalue weighted by molar-refractivity contribution is -0.122. The maximum atomic E-state index is 8.36. The molecule has 4 rings (SSSR count). The average molecular weight is 455 g/mol. The molecule has 8 nitrogen and oxygen atoms in total. The van der Waals surface area contributed by atoms with Crippen LogP contribution in [0.15, 0.2) is 46.9 Å². The van der Waals surface area contributed by atoms with Crippen LogP contribution in [0, 0.1) is 6.92 Å². The quantitative estimate of drug-likeness (QED) is 0.526. The fraction of sp³-hybridized carbons (Fsp3) is 0.360. The smallest absolute Gasteiger partial charge is 0.290 e. The molecule has 1 aliphatic heterocycles. The summed E-state index contributed by atoms with van der Waals surface area (Å²) in [4.78, 5) is 15.6. The first kappa shape index (κ1) is 24.1. The summed E-state index contributed by atoms with van der Waals surface area (Å²) in [5.74, 6) is 4.22. The number of benzene rings is 2. The Labute approximate surface area is 193 Å². The van der Waals surface area contributed by atoms with Crippen LogP contribution in [0.5, 0.6) is 17.2 Å². The number of carbonyl (C=O) groups is 1. The number of nitrogens with zero attached hydrogens (tertiary/aromatic N) is 2. The van der Waals surface area contributed by atoms with Gasteiger partial charge in [0.15, 0.2) is 11.5 Å². The van der Waals surface area contributed by atoms with E-state index in [9.17, 15) is 0 Å². The van der Waals surface area contributed by atoms with Gasteiger partial charge in [0.05, 0.1) is 32.6 Å². The summed E-state index contributed by atoms with van der Waals surface area (Å²) in [7, 11) is 5.04. The topological polar surface area (TPSA) is 94.3 Å². The van der Waals surface area contributed by atoms with Crippen molar-refractivity contribution in [2.75, 3.05) is 34.4 Å². The van der Waals surface area contributed by atoms with Gasteiger partial charge < -0.3 is 23.7 Å². The highest BCUT2D eigenvalue weighted by Gasteiger charge is 2.28. The van der Waals surface area contributed by atoms with Crippen LogP contribution in [-0.2, 0) is 11.3 Å². The van der Waals surface area contributed by atoms with Gasteiger partial charge in [-0.05, 0) is 38.1 Å². The Bertz CT molecular complexity index is 1060. The van der Waals surface area contributed by atoms with E-state index in [1.54, 1.807) is 21.3 Å². The van der Waals surface area contributed by atoms with Gasteiger partial charge in [0.25, 0.3) is 6.47 Å².